The average Bonchev–Trinajstić information content (AvgIpc) is 3.10. The van der Waals surface area contributed by atoms with Crippen molar-refractivity contribution in [2.75, 3.05) is 13.1 Å². The minimum absolute atomic E-state index is 0.0557. The summed E-state index contributed by atoms with van der Waals surface area (Å²) in [6.07, 6.45) is 1.29. The van der Waals surface area contributed by atoms with Crippen LogP contribution in [0.15, 0.2) is 29.6 Å². The standard InChI is InChI=1S/C19H22N2O4S/c1-2-13-3-5-14(6-4-13)17-20-15(12-26-17)11-16(22)21-9-7-19(25,8-10-21)18(23)24/h3-6,12,25H,2,7-11H2,1H3,(H,23,24). The molecule has 2 heterocycles. The van der Waals surface area contributed by atoms with Crippen LogP contribution in [0.4, 0.5) is 0 Å². The van der Waals surface area contributed by atoms with E-state index in [0.717, 1.165) is 17.0 Å². The van der Waals surface area contributed by atoms with E-state index in [1.54, 1.807) is 4.90 Å². The molecule has 1 aromatic heterocycles. The number of thiazole rings is 1. The summed E-state index contributed by atoms with van der Waals surface area (Å²) < 4.78 is 0. The highest BCUT2D eigenvalue weighted by atomic mass is 32.1. The van der Waals surface area contributed by atoms with E-state index >= 15 is 0 Å². The molecule has 0 saturated carbocycles. The van der Waals surface area contributed by atoms with E-state index in [1.807, 2.05) is 17.5 Å². The summed E-state index contributed by atoms with van der Waals surface area (Å²) in [5.74, 6) is -1.31. The largest absolute Gasteiger partial charge is 0.479 e. The number of benzene rings is 1. The van der Waals surface area contributed by atoms with Crippen LogP contribution in [-0.2, 0) is 22.4 Å². The lowest BCUT2D eigenvalue weighted by atomic mass is 9.91. The molecule has 1 aromatic carbocycles. The first-order valence-corrected chi connectivity index (χ1v) is 9.56. The number of nitrogens with zero attached hydrogens (tertiary/aromatic N) is 2. The Morgan fingerprint density at radius 3 is 2.46 bits per heavy atom. The molecule has 0 spiro atoms. The van der Waals surface area contributed by atoms with Crippen LogP contribution >= 0.6 is 11.3 Å². The SMILES string of the molecule is CCc1ccc(-c2nc(CC(=O)N3CCC(O)(C(=O)O)CC3)cs2)cc1. The van der Waals surface area contributed by atoms with Gasteiger partial charge in [0.1, 0.15) is 5.01 Å². The highest BCUT2D eigenvalue weighted by Gasteiger charge is 2.40. The maximum atomic E-state index is 12.4. The minimum atomic E-state index is -1.71. The molecule has 138 valence electrons. The lowest BCUT2D eigenvalue weighted by molar-refractivity contribution is -0.165. The Bertz CT molecular complexity index is 792. The van der Waals surface area contributed by atoms with Crippen LogP contribution in [-0.4, -0.2) is 50.7 Å². The zero-order valence-corrected chi connectivity index (χ0v) is 15.5. The molecule has 0 radical (unpaired) electrons. The Labute approximate surface area is 156 Å². The number of rotatable bonds is 5. The van der Waals surface area contributed by atoms with Gasteiger partial charge in [0.2, 0.25) is 5.91 Å². The van der Waals surface area contributed by atoms with Crippen LogP contribution in [0.2, 0.25) is 0 Å². The summed E-state index contributed by atoms with van der Waals surface area (Å²) in [4.78, 5) is 29.7. The first-order chi connectivity index (χ1) is 12.4. The first-order valence-electron chi connectivity index (χ1n) is 8.68. The maximum absolute atomic E-state index is 12.4. The Morgan fingerprint density at radius 2 is 1.88 bits per heavy atom. The molecular weight excluding hydrogens is 352 g/mol. The van der Waals surface area contributed by atoms with Crippen molar-refractivity contribution in [2.45, 2.75) is 38.2 Å². The van der Waals surface area contributed by atoms with E-state index < -0.39 is 11.6 Å². The monoisotopic (exact) mass is 374 g/mol. The molecule has 2 N–H and O–H groups in total. The van der Waals surface area contributed by atoms with Crippen molar-refractivity contribution in [3.05, 3.63) is 40.9 Å². The number of hydrogen-bond donors (Lipinski definition) is 2. The molecule has 1 aliphatic rings. The predicted molar refractivity (Wildman–Crippen MR) is 99.0 cm³/mol. The number of hydrogen-bond acceptors (Lipinski definition) is 5. The number of amides is 1. The van der Waals surface area contributed by atoms with Gasteiger partial charge in [0.15, 0.2) is 5.60 Å². The molecule has 1 saturated heterocycles. The lowest BCUT2D eigenvalue weighted by Crippen LogP contribution is -2.51. The molecular formula is C19H22N2O4S. The quantitative estimate of drug-likeness (QED) is 0.838. The molecule has 3 rings (SSSR count). The summed E-state index contributed by atoms with van der Waals surface area (Å²) in [7, 11) is 0. The van der Waals surface area contributed by atoms with Gasteiger partial charge in [-0.1, -0.05) is 31.2 Å². The fourth-order valence-electron chi connectivity index (χ4n) is 3.01. The van der Waals surface area contributed by atoms with Gasteiger partial charge >= 0.3 is 5.97 Å². The van der Waals surface area contributed by atoms with Gasteiger partial charge < -0.3 is 15.1 Å². The molecule has 0 bridgehead atoms. The van der Waals surface area contributed by atoms with Crippen LogP contribution in [0.3, 0.4) is 0 Å². The average molecular weight is 374 g/mol. The Hall–Kier alpha value is -2.25. The fraction of sp³-hybridized carbons (Fsp3) is 0.421. The van der Waals surface area contributed by atoms with Crippen LogP contribution in [0.25, 0.3) is 10.6 Å². The number of carboxylic acids is 1. The van der Waals surface area contributed by atoms with Crippen LogP contribution in [0.1, 0.15) is 31.0 Å². The lowest BCUT2D eigenvalue weighted by Gasteiger charge is -2.35. The van der Waals surface area contributed by atoms with E-state index in [0.29, 0.717) is 5.69 Å². The Kier molecular flexibility index (Phi) is 5.38. The third-order valence-electron chi connectivity index (χ3n) is 4.83. The molecule has 2 aromatic rings. The Balaban J connectivity index is 1.60. The van der Waals surface area contributed by atoms with Crippen molar-refractivity contribution in [3.8, 4) is 10.6 Å². The number of aryl methyl sites for hydroxylation is 1. The second-order valence-electron chi connectivity index (χ2n) is 6.59. The molecule has 0 unspecified atom stereocenters. The normalized spacial score (nSPS) is 16.5. The number of carbonyl (C=O) groups is 2. The van der Waals surface area contributed by atoms with Gasteiger partial charge in [-0.2, -0.15) is 0 Å². The second-order valence-corrected chi connectivity index (χ2v) is 7.45. The smallest absolute Gasteiger partial charge is 0.335 e. The number of aromatic nitrogens is 1. The number of likely N-dealkylation sites (tertiary alicyclic amines) is 1. The molecule has 1 aliphatic heterocycles. The number of aliphatic carboxylic acids is 1. The van der Waals surface area contributed by atoms with Gasteiger partial charge in [-0.15, -0.1) is 11.3 Å². The summed E-state index contributed by atoms with van der Waals surface area (Å²) >= 11 is 1.51. The summed E-state index contributed by atoms with van der Waals surface area (Å²) in [5.41, 5.74) is 1.31. The molecule has 0 aliphatic carbocycles. The fourth-order valence-corrected chi connectivity index (χ4v) is 3.84. The van der Waals surface area contributed by atoms with E-state index in [1.165, 1.54) is 16.9 Å². The van der Waals surface area contributed by atoms with Crippen molar-refractivity contribution in [2.24, 2.45) is 0 Å². The first kappa shape index (κ1) is 18.5. The van der Waals surface area contributed by atoms with Crippen molar-refractivity contribution in [1.29, 1.82) is 0 Å². The van der Waals surface area contributed by atoms with Crippen LogP contribution in [0, 0.1) is 0 Å². The summed E-state index contributed by atoms with van der Waals surface area (Å²) in [5, 5.41) is 21.8. The number of piperidine rings is 1. The van der Waals surface area contributed by atoms with E-state index in [9.17, 15) is 14.7 Å². The second kappa shape index (κ2) is 7.55. The predicted octanol–water partition coefficient (Wildman–Crippen LogP) is 2.35. The van der Waals surface area contributed by atoms with Gasteiger partial charge in [-0.05, 0) is 12.0 Å². The maximum Gasteiger partial charge on any atom is 0.335 e. The van der Waals surface area contributed by atoms with Gasteiger partial charge in [0.05, 0.1) is 12.1 Å². The van der Waals surface area contributed by atoms with Gasteiger partial charge in [-0.25, -0.2) is 9.78 Å². The number of carboxylic acid groups (broad SMARTS) is 1. The molecule has 0 atom stereocenters. The van der Waals surface area contributed by atoms with Gasteiger partial charge in [0.25, 0.3) is 0 Å². The van der Waals surface area contributed by atoms with Crippen molar-refractivity contribution in [3.63, 3.8) is 0 Å². The van der Waals surface area contributed by atoms with Crippen LogP contribution < -0.4 is 0 Å². The molecule has 7 heteroatoms. The molecule has 6 nitrogen and oxygen atoms in total. The highest BCUT2D eigenvalue weighted by Crippen LogP contribution is 2.26. The van der Waals surface area contributed by atoms with Crippen molar-refractivity contribution < 1.29 is 19.8 Å². The zero-order valence-electron chi connectivity index (χ0n) is 14.6. The Morgan fingerprint density at radius 1 is 1.23 bits per heavy atom. The van der Waals surface area contributed by atoms with E-state index in [2.05, 4.69) is 24.0 Å². The molecule has 1 amide bonds. The van der Waals surface area contributed by atoms with Crippen molar-refractivity contribution in [1.82, 2.24) is 9.88 Å². The summed E-state index contributed by atoms with van der Waals surface area (Å²) in [6, 6.07) is 8.25. The van der Waals surface area contributed by atoms with Gasteiger partial charge in [-0.3, -0.25) is 4.79 Å². The zero-order chi connectivity index (χ0) is 18.7. The van der Waals surface area contributed by atoms with Crippen LogP contribution in [0.5, 0.6) is 0 Å². The minimum Gasteiger partial charge on any atom is -0.479 e. The molecule has 26 heavy (non-hydrogen) atoms. The molecule has 1 fully saturated rings. The summed E-state index contributed by atoms with van der Waals surface area (Å²) in [6.45, 7) is 2.61. The highest BCUT2D eigenvalue weighted by molar-refractivity contribution is 7.13. The van der Waals surface area contributed by atoms with E-state index in [-0.39, 0.29) is 38.3 Å². The number of aliphatic hydroxyl groups is 1. The van der Waals surface area contributed by atoms with Crippen molar-refractivity contribution >= 4 is 23.2 Å². The third-order valence-corrected chi connectivity index (χ3v) is 5.77. The third kappa shape index (κ3) is 3.94. The number of carbonyl (C=O) groups excluding carboxylic acids is 1. The van der Waals surface area contributed by atoms with E-state index in [4.69, 9.17) is 5.11 Å². The van der Waals surface area contributed by atoms with Gasteiger partial charge in [0, 0.05) is 36.9 Å². The topological polar surface area (TPSA) is 90.7 Å².